The monoisotopic (exact) mass is 260 g/mol. The summed E-state index contributed by atoms with van der Waals surface area (Å²) in [6, 6.07) is 0. The molecule has 98 valence electrons. The van der Waals surface area contributed by atoms with E-state index in [2.05, 4.69) is 15.1 Å². The molecule has 0 bridgehead atoms. The predicted octanol–water partition coefficient (Wildman–Crippen LogP) is 0.258. The van der Waals surface area contributed by atoms with Crippen LogP contribution in [0.15, 0.2) is 0 Å². The van der Waals surface area contributed by atoms with E-state index in [1.807, 2.05) is 0 Å². The van der Waals surface area contributed by atoms with E-state index in [0.29, 0.717) is 5.13 Å². The molecule has 0 aromatic carbocycles. The van der Waals surface area contributed by atoms with Crippen LogP contribution in [0, 0.1) is 0 Å². The predicted molar refractivity (Wildman–Crippen MR) is 68.2 cm³/mol. The average molecular weight is 260 g/mol. The standard InChI is InChI=1S/C10H20N4O2S/c1-15-7-5-14(6-8-16-2)4-3-9-12-13-10(11)17-9/h3-8H2,1-2H3,(H2,11,13). The molecule has 0 radical (unpaired) electrons. The number of ether oxygens (including phenoxy) is 2. The van der Waals surface area contributed by atoms with Crippen LogP contribution in [0.4, 0.5) is 5.13 Å². The highest BCUT2D eigenvalue weighted by atomic mass is 32.1. The Labute approximate surface area is 106 Å². The topological polar surface area (TPSA) is 73.5 Å². The van der Waals surface area contributed by atoms with Crippen molar-refractivity contribution in [1.29, 1.82) is 0 Å². The number of anilines is 1. The van der Waals surface area contributed by atoms with Gasteiger partial charge in [0, 0.05) is 40.3 Å². The minimum Gasteiger partial charge on any atom is -0.383 e. The van der Waals surface area contributed by atoms with Gasteiger partial charge in [-0.05, 0) is 0 Å². The van der Waals surface area contributed by atoms with E-state index in [1.54, 1.807) is 14.2 Å². The van der Waals surface area contributed by atoms with E-state index < -0.39 is 0 Å². The fraction of sp³-hybridized carbons (Fsp3) is 0.800. The van der Waals surface area contributed by atoms with Crippen LogP contribution < -0.4 is 5.73 Å². The third-order valence-corrected chi connectivity index (χ3v) is 3.16. The van der Waals surface area contributed by atoms with Crippen LogP contribution in [0.2, 0.25) is 0 Å². The van der Waals surface area contributed by atoms with E-state index in [9.17, 15) is 0 Å². The second kappa shape index (κ2) is 8.35. The van der Waals surface area contributed by atoms with Gasteiger partial charge in [0.2, 0.25) is 5.13 Å². The third-order valence-electron chi connectivity index (χ3n) is 2.35. The van der Waals surface area contributed by atoms with Gasteiger partial charge in [-0.1, -0.05) is 11.3 Å². The number of nitrogens with two attached hydrogens (primary N) is 1. The second-order valence-electron chi connectivity index (χ2n) is 3.61. The lowest BCUT2D eigenvalue weighted by atomic mass is 10.4. The van der Waals surface area contributed by atoms with Gasteiger partial charge in [0.15, 0.2) is 0 Å². The summed E-state index contributed by atoms with van der Waals surface area (Å²) in [5, 5.41) is 9.30. The van der Waals surface area contributed by atoms with Crippen molar-refractivity contribution in [3.63, 3.8) is 0 Å². The minimum atomic E-state index is 0.528. The van der Waals surface area contributed by atoms with Crippen LogP contribution in [0.3, 0.4) is 0 Å². The lowest BCUT2D eigenvalue weighted by Crippen LogP contribution is -2.32. The van der Waals surface area contributed by atoms with Crippen molar-refractivity contribution < 1.29 is 9.47 Å². The molecule has 17 heavy (non-hydrogen) atoms. The Balaban J connectivity index is 2.31. The Morgan fingerprint density at radius 3 is 2.24 bits per heavy atom. The molecular weight excluding hydrogens is 240 g/mol. The fourth-order valence-electron chi connectivity index (χ4n) is 1.40. The van der Waals surface area contributed by atoms with Crippen LogP contribution in [0.1, 0.15) is 5.01 Å². The second-order valence-corrected chi connectivity index (χ2v) is 4.70. The number of nitrogens with zero attached hydrogens (tertiary/aromatic N) is 3. The molecule has 1 aromatic heterocycles. The normalized spacial score (nSPS) is 11.2. The molecule has 0 aliphatic rings. The lowest BCUT2D eigenvalue weighted by molar-refractivity contribution is 0.115. The van der Waals surface area contributed by atoms with Crippen molar-refractivity contribution in [3.05, 3.63) is 5.01 Å². The highest BCUT2D eigenvalue weighted by molar-refractivity contribution is 7.15. The van der Waals surface area contributed by atoms with Gasteiger partial charge in [0.25, 0.3) is 0 Å². The Morgan fingerprint density at radius 1 is 1.12 bits per heavy atom. The van der Waals surface area contributed by atoms with Gasteiger partial charge in [0.1, 0.15) is 5.01 Å². The first-order valence-corrected chi connectivity index (χ1v) is 6.36. The summed E-state index contributed by atoms with van der Waals surface area (Å²) in [5.74, 6) is 0. The molecule has 0 saturated heterocycles. The molecule has 2 N–H and O–H groups in total. The molecule has 7 heteroatoms. The molecule has 0 aliphatic heterocycles. The van der Waals surface area contributed by atoms with Gasteiger partial charge in [0.05, 0.1) is 13.2 Å². The first kappa shape index (κ1) is 14.3. The van der Waals surface area contributed by atoms with E-state index in [-0.39, 0.29) is 0 Å². The number of nitrogen functional groups attached to an aromatic ring is 1. The number of rotatable bonds is 9. The smallest absolute Gasteiger partial charge is 0.203 e. The van der Waals surface area contributed by atoms with Gasteiger partial charge in [-0.25, -0.2) is 0 Å². The first-order chi connectivity index (χ1) is 8.26. The van der Waals surface area contributed by atoms with Crippen LogP contribution >= 0.6 is 11.3 Å². The van der Waals surface area contributed by atoms with Crippen LogP contribution in [-0.2, 0) is 15.9 Å². The van der Waals surface area contributed by atoms with Crippen LogP contribution in [0.25, 0.3) is 0 Å². The van der Waals surface area contributed by atoms with E-state index in [0.717, 1.165) is 44.3 Å². The van der Waals surface area contributed by atoms with E-state index >= 15 is 0 Å². The number of hydrogen-bond acceptors (Lipinski definition) is 7. The maximum Gasteiger partial charge on any atom is 0.203 e. The summed E-state index contributed by atoms with van der Waals surface area (Å²) < 4.78 is 10.2. The van der Waals surface area contributed by atoms with Crippen molar-refractivity contribution in [2.45, 2.75) is 6.42 Å². The SMILES string of the molecule is COCCN(CCOC)CCc1nnc(N)s1. The molecule has 1 aromatic rings. The summed E-state index contributed by atoms with van der Waals surface area (Å²) in [4.78, 5) is 2.28. The Morgan fingerprint density at radius 2 is 1.76 bits per heavy atom. The number of hydrogen-bond donors (Lipinski definition) is 1. The summed E-state index contributed by atoms with van der Waals surface area (Å²) in [6.07, 6.45) is 0.863. The minimum absolute atomic E-state index is 0.528. The van der Waals surface area contributed by atoms with Crippen molar-refractivity contribution in [2.75, 3.05) is 52.8 Å². The van der Waals surface area contributed by atoms with Crippen molar-refractivity contribution in [3.8, 4) is 0 Å². The summed E-state index contributed by atoms with van der Waals surface area (Å²) >= 11 is 1.44. The maximum atomic E-state index is 5.54. The van der Waals surface area contributed by atoms with Crippen molar-refractivity contribution in [1.82, 2.24) is 15.1 Å². The first-order valence-electron chi connectivity index (χ1n) is 5.54. The molecule has 6 nitrogen and oxygen atoms in total. The van der Waals surface area contributed by atoms with Gasteiger partial charge in [-0.2, -0.15) is 0 Å². The highest BCUT2D eigenvalue weighted by Crippen LogP contribution is 2.11. The molecule has 0 saturated carbocycles. The molecule has 0 atom stereocenters. The molecule has 0 spiro atoms. The highest BCUT2D eigenvalue weighted by Gasteiger charge is 2.07. The lowest BCUT2D eigenvalue weighted by Gasteiger charge is -2.20. The fourth-order valence-corrected chi connectivity index (χ4v) is 2.00. The number of methoxy groups -OCH3 is 2. The Kier molecular flexibility index (Phi) is 7.02. The Hall–Kier alpha value is -0.760. The maximum absolute atomic E-state index is 5.54. The molecule has 0 aliphatic carbocycles. The zero-order valence-electron chi connectivity index (χ0n) is 10.4. The molecular formula is C10H20N4O2S. The molecule has 1 rings (SSSR count). The molecule has 0 unspecified atom stereocenters. The number of aromatic nitrogens is 2. The van der Waals surface area contributed by atoms with Crippen LogP contribution in [0.5, 0.6) is 0 Å². The third kappa shape index (κ3) is 5.92. The van der Waals surface area contributed by atoms with Gasteiger partial charge in [-0.15, -0.1) is 10.2 Å². The summed E-state index contributed by atoms with van der Waals surface area (Å²) in [7, 11) is 3.42. The van der Waals surface area contributed by atoms with Crippen molar-refractivity contribution >= 4 is 16.5 Å². The van der Waals surface area contributed by atoms with E-state index in [1.165, 1.54) is 11.3 Å². The molecule has 0 fully saturated rings. The average Bonchev–Trinajstić information content (AvgIpc) is 2.74. The van der Waals surface area contributed by atoms with E-state index in [4.69, 9.17) is 15.2 Å². The largest absolute Gasteiger partial charge is 0.383 e. The van der Waals surface area contributed by atoms with Crippen molar-refractivity contribution in [2.24, 2.45) is 0 Å². The summed E-state index contributed by atoms with van der Waals surface area (Å²) in [5.41, 5.74) is 5.54. The van der Waals surface area contributed by atoms with Gasteiger partial charge < -0.3 is 15.2 Å². The zero-order valence-corrected chi connectivity index (χ0v) is 11.2. The van der Waals surface area contributed by atoms with Gasteiger partial charge in [-0.3, -0.25) is 4.90 Å². The van der Waals surface area contributed by atoms with Crippen LogP contribution in [-0.4, -0.2) is 62.2 Å². The Bertz CT molecular complexity index is 300. The quantitative estimate of drug-likeness (QED) is 0.686. The molecule has 0 amide bonds. The summed E-state index contributed by atoms with van der Waals surface area (Å²) in [6.45, 7) is 4.16. The van der Waals surface area contributed by atoms with Gasteiger partial charge >= 0.3 is 0 Å². The zero-order chi connectivity index (χ0) is 12.5. The molecule has 1 heterocycles.